The Balaban J connectivity index is 2.13. The fourth-order valence-corrected chi connectivity index (χ4v) is 2.75. The lowest BCUT2D eigenvalue weighted by Crippen LogP contribution is -2.35. The van der Waals surface area contributed by atoms with Crippen LogP contribution in [0.2, 0.25) is 0 Å². The fraction of sp³-hybridized carbons (Fsp3) is 0.692. The van der Waals surface area contributed by atoms with Gasteiger partial charge in [-0.3, -0.25) is 4.68 Å². The summed E-state index contributed by atoms with van der Waals surface area (Å²) in [7, 11) is 3.96. The van der Waals surface area contributed by atoms with Gasteiger partial charge in [0.2, 0.25) is 0 Å². The lowest BCUT2D eigenvalue weighted by atomic mass is 9.97. The summed E-state index contributed by atoms with van der Waals surface area (Å²) in [6, 6.07) is 2.27. The highest BCUT2D eigenvalue weighted by atomic mass is 15.4. The summed E-state index contributed by atoms with van der Waals surface area (Å²) >= 11 is 0. The molecule has 0 atom stereocenters. The molecular weight excluding hydrogens is 226 g/mol. The van der Waals surface area contributed by atoms with E-state index in [0.717, 1.165) is 31.1 Å². The van der Waals surface area contributed by atoms with E-state index in [2.05, 4.69) is 28.4 Å². The Labute approximate surface area is 108 Å². The van der Waals surface area contributed by atoms with Crippen molar-refractivity contribution < 1.29 is 0 Å². The molecule has 0 bridgehead atoms. The van der Waals surface area contributed by atoms with Crippen LogP contribution in [0.15, 0.2) is 0 Å². The quantitative estimate of drug-likeness (QED) is 0.867. The standard InChI is InChI=1S/C13H21N5/c1-10-12(8-14)13(18(3)16-10)17(2)9-11-4-6-15-7-5-11/h11,15H,4-7,9H2,1-3H3. The average molecular weight is 247 g/mol. The van der Waals surface area contributed by atoms with Gasteiger partial charge in [-0.05, 0) is 38.8 Å². The molecule has 1 aromatic rings. The molecule has 1 N–H and O–H groups in total. The van der Waals surface area contributed by atoms with Crippen LogP contribution < -0.4 is 10.2 Å². The first kappa shape index (κ1) is 12.9. The highest BCUT2D eigenvalue weighted by molar-refractivity contribution is 5.56. The van der Waals surface area contributed by atoms with E-state index in [1.807, 2.05) is 18.7 Å². The minimum atomic E-state index is 0.703. The molecule has 98 valence electrons. The molecule has 0 aliphatic carbocycles. The van der Waals surface area contributed by atoms with Crippen molar-refractivity contribution in [3.05, 3.63) is 11.3 Å². The van der Waals surface area contributed by atoms with Crippen molar-refractivity contribution in [1.29, 1.82) is 5.26 Å². The predicted octanol–water partition coefficient (Wildman–Crippen LogP) is 1.04. The maximum atomic E-state index is 9.23. The molecular formula is C13H21N5. The molecule has 0 radical (unpaired) electrons. The molecule has 0 unspecified atom stereocenters. The molecule has 1 aromatic heterocycles. The van der Waals surface area contributed by atoms with Gasteiger partial charge >= 0.3 is 0 Å². The van der Waals surface area contributed by atoms with Crippen molar-refractivity contribution >= 4 is 5.82 Å². The van der Waals surface area contributed by atoms with Gasteiger partial charge in [0.1, 0.15) is 17.5 Å². The van der Waals surface area contributed by atoms with Crippen LogP contribution in [0, 0.1) is 24.2 Å². The predicted molar refractivity (Wildman–Crippen MR) is 71.5 cm³/mol. The van der Waals surface area contributed by atoms with Crippen molar-refractivity contribution in [3.63, 3.8) is 0 Å². The molecule has 1 aliphatic heterocycles. The average Bonchev–Trinajstić information content (AvgIpc) is 2.64. The maximum Gasteiger partial charge on any atom is 0.144 e. The zero-order valence-corrected chi connectivity index (χ0v) is 11.4. The first-order valence-electron chi connectivity index (χ1n) is 6.49. The van der Waals surface area contributed by atoms with Crippen LogP contribution in [0.1, 0.15) is 24.1 Å². The minimum Gasteiger partial charge on any atom is -0.359 e. The lowest BCUT2D eigenvalue weighted by molar-refractivity contribution is 0.376. The van der Waals surface area contributed by atoms with E-state index >= 15 is 0 Å². The first-order chi connectivity index (χ1) is 8.63. The number of nitriles is 1. The Morgan fingerprint density at radius 2 is 2.17 bits per heavy atom. The topological polar surface area (TPSA) is 56.9 Å². The third-order valence-corrected chi connectivity index (χ3v) is 3.66. The van der Waals surface area contributed by atoms with E-state index < -0.39 is 0 Å². The molecule has 0 aromatic carbocycles. The van der Waals surface area contributed by atoms with Gasteiger partial charge in [-0.15, -0.1) is 0 Å². The maximum absolute atomic E-state index is 9.23. The Bertz CT molecular complexity index is 451. The zero-order valence-electron chi connectivity index (χ0n) is 11.4. The Hall–Kier alpha value is -1.54. The van der Waals surface area contributed by atoms with Crippen molar-refractivity contribution in [2.75, 3.05) is 31.6 Å². The van der Waals surface area contributed by atoms with Crippen molar-refractivity contribution in [2.24, 2.45) is 13.0 Å². The molecule has 0 spiro atoms. The molecule has 18 heavy (non-hydrogen) atoms. The Morgan fingerprint density at radius 1 is 1.50 bits per heavy atom. The van der Waals surface area contributed by atoms with E-state index in [4.69, 9.17) is 0 Å². The number of hydrogen-bond acceptors (Lipinski definition) is 4. The van der Waals surface area contributed by atoms with Crippen LogP contribution in [0.4, 0.5) is 5.82 Å². The molecule has 0 saturated carbocycles. The molecule has 2 rings (SSSR count). The summed E-state index contributed by atoms with van der Waals surface area (Å²) in [5.74, 6) is 1.64. The highest BCUT2D eigenvalue weighted by Gasteiger charge is 2.20. The number of aromatic nitrogens is 2. The van der Waals surface area contributed by atoms with Crippen LogP contribution in [0.3, 0.4) is 0 Å². The summed E-state index contributed by atoms with van der Waals surface area (Å²) in [6.45, 7) is 5.10. The van der Waals surface area contributed by atoms with Gasteiger partial charge in [0, 0.05) is 20.6 Å². The van der Waals surface area contributed by atoms with Gasteiger partial charge in [0.15, 0.2) is 0 Å². The second-order valence-corrected chi connectivity index (χ2v) is 5.09. The number of anilines is 1. The van der Waals surface area contributed by atoms with Crippen LogP contribution in [0.5, 0.6) is 0 Å². The van der Waals surface area contributed by atoms with Gasteiger partial charge in [0.05, 0.1) is 5.69 Å². The monoisotopic (exact) mass is 247 g/mol. The van der Waals surface area contributed by atoms with Crippen LogP contribution in [-0.4, -0.2) is 36.5 Å². The van der Waals surface area contributed by atoms with Gasteiger partial charge in [-0.1, -0.05) is 0 Å². The summed E-state index contributed by atoms with van der Waals surface area (Å²) in [5, 5.41) is 16.9. The third-order valence-electron chi connectivity index (χ3n) is 3.66. The van der Waals surface area contributed by atoms with Crippen molar-refractivity contribution in [1.82, 2.24) is 15.1 Å². The number of aryl methyl sites for hydroxylation is 2. The summed E-state index contributed by atoms with van der Waals surface area (Å²) in [5.41, 5.74) is 1.51. The largest absolute Gasteiger partial charge is 0.359 e. The molecule has 2 heterocycles. The lowest BCUT2D eigenvalue weighted by Gasteiger charge is -2.28. The van der Waals surface area contributed by atoms with E-state index in [1.165, 1.54) is 12.8 Å². The smallest absolute Gasteiger partial charge is 0.144 e. The second-order valence-electron chi connectivity index (χ2n) is 5.09. The summed E-state index contributed by atoms with van der Waals surface area (Å²) < 4.78 is 1.81. The molecule has 5 nitrogen and oxygen atoms in total. The normalized spacial score (nSPS) is 16.6. The number of nitrogens with one attached hydrogen (secondary N) is 1. The molecule has 0 amide bonds. The van der Waals surface area contributed by atoms with Crippen molar-refractivity contribution in [3.8, 4) is 6.07 Å². The number of nitrogens with zero attached hydrogens (tertiary/aromatic N) is 4. The van der Waals surface area contributed by atoms with Crippen molar-refractivity contribution in [2.45, 2.75) is 19.8 Å². The minimum absolute atomic E-state index is 0.703. The molecule has 1 saturated heterocycles. The first-order valence-corrected chi connectivity index (χ1v) is 6.49. The Kier molecular flexibility index (Phi) is 3.87. The molecule has 5 heteroatoms. The van der Waals surface area contributed by atoms with Gasteiger partial charge in [0.25, 0.3) is 0 Å². The Morgan fingerprint density at radius 3 is 2.78 bits per heavy atom. The van der Waals surface area contributed by atoms with Gasteiger partial charge < -0.3 is 10.2 Å². The summed E-state index contributed by atoms with van der Waals surface area (Å²) in [6.07, 6.45) is 2.42. The van der Waals surface area contributed by atoms with E-state index in [9.17, 15) is 5.26 Å². The number of piperidine rings is 1. The van der Waals surface area contributed by atoms with Gasteiger partial charge in [-0.25, -0.2) is 0 Å². The second kappa shape index (κ2) is 5.40. The third kappa shape index (κ3) is 2.49. The van der Waals surface area contributed by atoms with Gasteiger partial charge in [-0.2, -0.15) is 10.4 Å². The highest BCUT2D eigenvalue weighted by Crippen LogP contribution is 2.23. The zero-order chi connectivity index (χ0) is 13.1. The van der Waals surface area contributed by atoms with Crippen LogP contribution >= 0.6 is 0 Å². The van der Waals surface area contributed by atoms with E-state index in [0.29, 0.717) is 11.5 Å². The fourth-order valence-electron chi connectivity index (χ4n) is 2.75. The van der Waals surface area contributed by atoms with Crippen LogP contribution in [-0.2, 0) is 7.05 Å². The van der Waals surface area contributed by atoms with E-state index in [-0.39, 0.29) is 0 Å². The van der Waals surface area contributed by atoms with Crippen LogP contribution in [0.25, 0.3) is 0 Å². The number of hydrogen-bond donors (Lipinski definition) is 1. The summed E-state index contributed by atoms with van der Waals surface area (Å²) in [4.78, 5) is 2.18. The van der Waals surface area contributed by atoms with E-state index in [1.54, 1.807) is 0 Å². The molecule has 1 fully saturated rings. The molecule has 1 aliphatic rings. The number of rotatable bonds is 3. The SMILES string of the molecule is Cc1nn(C)c(N(C)CC2CCNCC2)c1C#N.